The van der Waals surface area contributed by atoms with Crippen LogP contribution in [-0.2, 0) is 9.53 Å². The average Bonchev–Trinajstić information content (AvgIpc) is 3.18. The molecule has 0 unspecified atom stereocenters. The summed E-state index contributed by atoms with van der Waals surface area (Å²) in [4.78, 5) is 31.2. The number of ether oxygens (including phenoxy) is 1. The van der Waals surface area contributed by atoms with Gasteiger partial charge in [-0.3, -0.25) is 10.1 Å². The van der Waals surface area contributed by atoms with Crippen molar-refractivity contribution < 1.29 is 14.3 Å². The van der Waals surface area contributed by atoms with E-state index in [1.54, 1.807) is 18.0 Å². The second-order valence-corrected chi connectivity index (χ2v) is 11.2. The lowest BCUT2D eigenvalue weighted by Gasteiger charge is -2.43. The monoisotopic (exact) mass is 453 g/mol. The lowest BCUT2D eigenvalue weighted by Crippen LogP contribution is -2.51. The van der Waals surface area contributed by atoms with Crippen LogP contribution in [0.2, 0.25) is 0 Å². The van der Waals surface area contributed by atoms with E-state index in [9.17, 15) is 9.59 Å². The molecule has 0 spiro atoms. The molecule has 1 N–H and O–H groups in total. The van der Waals surface area contributed by atoms with E-state index in [0.717, 1.165) is 41.7 Å². The van der Waals surface area contributed by atoms with Crippen molar-refractivity contribution in [3.63, 3.8) is 0 Å². The maximum absolute atomic E-state index is 13.3. The van der Waals surface area contributed by atoms with Crippen molar-refractivity contribution >= 4 is 40.2 Å². The van der Waals surface area contributed by atoms with Crippen molar-refractivity contribution in [2.45, 2.75) is 87.9 Å². The van der Waals surface area contributed by atoms with Crippen LogP contribution in [-0.4, -0.2) is 46.8 Å². The Kier molecular flexibility index (Phi) is 8.86. The van der Waals surface area contributed by atoms with Gasteiger partial charge < -0.3 is 9.64 Å². The molecule has 0 atom stereocenters. The van der Waals surface area contributed by atoms with E-state index in [2.05, 4.69) is 33.8 Å². The second kappa shape index (κ2) is 11.4. The van der Waals surface area contributed by atoms with Gasteiger partial charge in [0.2, 0.25) is 0 Å². The van der Waals surface area contributed by atoms with Crippen LogP contribution < -0.4 is 5.32 Å². The van der Waals surface area contributed by atoms with E-state index in [1.165, 1.54) is 44.1 Å². The van der Waals surface area contributed by atoms with Gasteiger partial charge in [0.1, 0.15) is 0 Å². The zero-order valence-corrected chi connectivity index (χ0v) is 20.0. The van der Waals surface area contributed by atoms with Crippen molar-refractivity contribution in [1.82, 2.24) is 9.88 Å². The van der Waals surface area contributed by atoms with Crippen LogP contribution in [0.25, 0.3) is 0 Å². The lowest BCUT2D eigenvalue weighted by atomic mass is 9.82. The highest BCUT2D eigenvalue weighted by atomic mass is 32.2. The number of carbonyl (C=O) groups is 2. The number of anilines is 1. The molecule has 0 aliphatic heterocycles. The fraction of sp³-hybridized carbons (Fsp3) is 0.773. The average molecular weight is 454 g/mol. The summed E-state index contributed by atoms with van der Waals surface area (Å²) in [6.45, 7) is 4.63. The number of thioether (sulfide) groups is 1. The highest BCUT2D eigenvalue weighted by Gasteiger charge is 2.34. The predicted molar refractivity (Wildman–Crippen MR) is 123 cm³/mol. The van der Waals surface area contributed by atoms with E-state index in [1.807, 2.05) is 0 Å². The van der Waals surface area contributed by atoms with E-state index in [0.29, 0.717) is 29.4 Å². The summed E-state index contributed by atoms with van der Waals surface area (Å²) in [5.74, 6) is 1.97. The fourth-order valence-corrected chi connectivity index (χ4v) is 6.41. The molecule has 30 heavy (non-hydrogen) atoms. The number of thiazole rings is 1. The number of nitrogens with zero attached hydrogens (tertiary/aromatic N) is 2. The minimum absolute atomic E-state index is 0.00886. The van der Waals surface area contributed by atoms with Gasteiger partial charge in [0.25, 0.3) is 0 Å². The minimum Gasteiger partial charge on any atom is -0.469 e. The topological polar surface area (TPSA) is 71.5 Å². The Bertz CT molecular complexity index is 674. The van der Waals surface area contributed by atoms with Crippen LogP contribution in [0.4, 0.5) is 9.93 Å². The molecule has 1 aromatic rings. The van der Waals surface area contributed by atoms with E-state index in [-0.39, 0.29) is 12.0 Å². The predicted octanol–water partition coefficient (Wildman–Crippen LogP) is 5.79. The van der Waals surface area contributed by atoms with Crippen LogP contribution in [0.15, 0.2) is 10.4 Å². The van der Waals surface area contributed by atoms with Gasteiger partial charge in [-0.15, -0.1) is 11.8 Å². The SMILES string of the molecule is COC(=O)CCSc1cnc(NC(=O)N(C2CCC(C)CC2)C2CCC(C)CC2)s1. The van der Waals surface area contributed by atoms with Crippen LogP contribution in [0.1, 0.15) is 71.6 Å². The third-order valence-corrected chi connectivity index (χ3v) is 8.58. The molecule has 0 aromatic carbocycles. The standard InChI is InChI=1S/C22H35N3O3S2/c1-15-4-8-17(9-5-15)25(18-10-6-16(2)7-11-18)22(27)24-21-23-14-20(30-21)29-13-12-19(26)28-3/h14-18H,4-13H2,1-3H3,(H,23,24,27). The first kappa shape index (κ1) is 23.4. The lowest BCUT2D eigenvalue weighted by molar-refractivity contribution is -0.140. The minimum atomic E-state index is -0.209. The molecule has 2 aliphatic carbocycles. The molecule has 2 fully saturated rings. The molecule has 2 aliphatic rings. The maximum atomic E-state index is 13.3. The van der Waals surface area contributed by atoms with Crippen LogP contribution in [0.3, 0.4) is 0 Å². The largest absolute Gasteiger partial charge is 0.469 e. The summed E-state index contributed by atoms with van der Waals surface area (Å²) in [7, 11) is 1.40. The van der Waals surface area contributed by atoms with E-state index >= 15 is 0 Å². The molecule has 0 saturated heterocycles. The van der Waals surface area contributed by atoms with Crippen molar-refractivity contribution in [2.75, 3.05) is 18.2 Å². The summed E-state index contributed by atoms with van der Waals surface area (Å²) in [5, 5.41) is 3.72. The molecule has 0 radical (unpaired) electrons. The summed E-state index contributed by atoms with van der Waals surface area (Å²) >= 11 is 3.04. The van der Waals surface area contributed by atoms with Gasteiger partial charge in [-0.1, -0.05) is 25.2 Å². The smallest absolute Gasteiger partial charge is 0.324 e. The molecule has 6 nitrogen and oxygen atoms in total. The Morgan fingerprint density at radius 1 is 1.10 bits per heavy atom. The maximum Gasteiger partial charge on any atom is 0.324 e. The van der Waals surface area contributed by atoms with Crippen LogP contribution in [0.5, 0.6) is 0 Å². The highest BCUT2D eigenvalue weighted by molar-refractivity contribution is 8.01. The third kappa shape index (κ3) is 6.61. The first-order chi connectivity index (χ1) is 14.5. The van der Waals surface area contributed by atoms with Gasteiger partial charge in [0, 0.05) is 17.8 Å². The number of nitrogens with one attached hydrogen (secondary N) is 1. The normalized spacial score (nSPS) is 26.8. The molecule has 2 saturated carbocycles. The summed E-state index contributed by atoms with van der Waals surface area (Å²) < 4.78 is 5.67. The number of aromatic nitrogens is 1. The van der Waals surface area contributed by atoms with Crippen LogP contribution >= 0.6 is 23.1 Å². The summed E-state index contributed by atoms with van der Waals surface area (Å²) in [5.41, 5.74) is 0. The number of urea groups is 1. The molecule has 2 amide bonds. The molecular formula is C22H35N3O3S2. The first-order valence-corrected chi connectivity index (χ1v) is 13.0. The summed E-state index contributed by atoms with van der Waals surface area (Å²) in [6, 6.07) is 0.691. The number of amides is 2. The van der Waals surface area contributed by atoms with Crippen molar-refractivity contribution in [1.29, 1.82) is 0 Å². The van der Waals surface area contributed by atoms with Gasteiger partial charge >= 0.3 is 12.0 Å². The third-order valence-electron chi connectivity index (χ3n) is 6.47. The number of carbonyl (C=O) groups excluding carboxylic acids is 2. The highest BCUT2D eigenvalue weighted by Crippen LogP contribution is 2.35. The Morgan fingerprint density at radius 3 is 2.20 bits per heavy atom. The van der Waals surface area contributed by atoms with Gasteiger partial charge in [0.15, 0.2) is 5.13 Å². The number of hydrogen-bond donors (Lipinski definition) is 1. The number of methoxy groups -OCH3 is 1. The van der Waals surface area contributed by atoms with E-state index in [4.69, 9.17) is 0 Å². The zero-order valence-electron chi connectivity index (χ0n) is 18.4. The Morgan fingerprint density at radius 2 is 1.67 bits per heavy atom. The van der Waals surface area contributed by atoms with Crippen molar-refractivity contribution in [3.8, 4) is 0 Å². The van der Waals surface area contributed by atoms with Gasteiger partial charge in [0.05, 0.1) is 23.9 Å². The molecule has 1 heterocycles. The summed E-state index contributed by atoms with van der Waals surface area (Å²) in [6.07, 6.45) is 11.4. The molecule has 8 heteroatoms. The van der Waals surface area contributed by atoms with Crippen molar-refractivity contribution in [2.24, 2.45) is 11.8 Å². The van der Waals surface area contributed by atoms with Gasteiger partial charge in [-0.05, 0) is 63.2 Å². The number of esters is 1. The van der Waals surface area contributed by atoms with Crippen LogP contribution in [0, 0.1) is 11.8 Å². The van der Waals surface area contributed by atoms with Gasteiger partial charge in [-0.2, -0.15) is 0 Å². The zero-order chi connectivity index (χ0) is 21.5. The Labute approximate surface area is 188 Å². The number of rotatable bonds is 7. The molecule has 3 rings (SSSR count). The fourth-order valence-electron chi connectivity index (χ4n) is 4.55. The second-order valence-electron chi connectivity index (χ2n) is 8.82. The van der Waals surface area contributed by atoms with E-state index < -0.39 is 0 Å². The Balaban J connectivity index is 1.61. The molecule has 1 aromatic heterocycles. The number of hydrogen-bond acceptors (Lipinski definition) is 6. The molecule has 168 valence electrons. The first-order valence-electron chi connectivity index (χ1n) is 11.2. The molecular weight excluding hydrogens is 418 g/mol. The Hall–Kier alpha value is -1.28. The van der Waals surface area contributed by atoms with Crippen molar-refractivity contribution in [3.05, 3.63) is 6.20 Å². The van der Waals surface area contributed by atoms with Gasteiger partial charge in [-0.25, -0.2) is 9.78 Å². The quantitative estimate of drug-likeness (QED) is 0.418. The molecule has 0 bridgehead atoms.